The van der Waals surface area contributed by atoms with Crippen LogP contribution in [0.25, 0.3) is 0 Å². The monoisotopic (exact) mass is 381 g/mol. The fourth-order valence-electron chi connectivity index (χ4n) is 4.30. The normalized spacial score (nSPS) is 24.6. The second-order valence-corrected chi connectivity index (χ2v) is 7.10. The minimum Gasteiger partial charge on any atom is -0.480 e. The molecule has 2 aromatic rings. The first-order valence-electron chi connectivity index (χ1n) is 9.30. The number of rotatable bonds is 3. The van der Waals surface area contributed by atoms with Crippen molar-refractivity contribution in [1.82, 2.24) is 14.8 Å². The quantitative estimate of drug-likeness (QED) is 0.809. The molecule has 2 amide bonds. The fourth-order valence-corrected chi connectivity index (χ4v) is 4.30. The summed E-state index contributed by atoms with van der Waals surface area (Å²) < 4.78 is 11.2. The zero-order valence-corrected chi connectivity index (χ0v) is 16.0. The molecule has 28 heavy (non-hydrogen) atoms. The van der Waals surface area contributed by atoms with E-state index in [-0.39, 0.29) is 24.5 Å². The van der Waals surface area contributed by atoms with Crippen LogP contribution in [0.4, 0.5) is 0 Å². The summed E-state index contributed by atoms with van der Waals surface area (Å²) >= 11 is 0. The van der Waals surface area contributed by atoms with Gasteiger partial charge < -0.3 is 19.3 Å². The summed E-state index contributed by atoms with van der Waals surface area (Å²) in [6.45, 7) is 0.917. The smallest absolute Gasteiger partial charge is 0.259 e. The highest BCUT2D eigenvalue weighted by atomic mass is 16.5. The van der Waals surface area contributed by atoms with Gasteiger partial charge in [0.15, 0.2) is 0 Å². The van der Waals surface area contributed by atoms with E-state index in [1.165, 1.54) is 7.11 Å². The largest absolute Gasteiger partial charge is 0.480 e. The first kappa shape index (κ1) is 18.4. The summed E-state index contributed by atoms with van der Waals surface area (Å²) in [6, 6.07) is 13.4. The predicted octanol–water partition coefficient (Wildman–Crippen LogP) is 1.69. The van der Waals surface area contributed by atoms with E-state index in [4.69, 9.17) is 9.47 Å². The molecule has 1 aromatic carbocycles. The van der Waals surface area contributed by atoms with Crippen LogP contribution < -0.4 is 4.74 Å². The van der Waals surface area contributed by atoms with Crippen molar-refractivity contribution in [2.45, 2.75) is 18.1 Å². The Morgan fingerprint density at radius 2 is 2.04 bits per heavy atom. The van der Waals surface area contributed by atoms with Crippen LogP contribution in [0.2, 0.25) is 0 Å². The number of piperidine rings is 1. The minimum absolute atomic E-state index is 0.0218. The maximum atomic E-state index is 13.1. The van der Waals surface area contributed by atoms with Crippen molar-refractivity contribution < 1.29 is 19.1 Å². The molecule has 0 N–H and O–H groups in total. The van der Waals surface area contributed by atoms with Gasteiger partial charge in [-0.1, -0.05) is 30.3 Å². The summed E-state index contributed by atoms with van der Waals surface area (Å²) in [7, 11) is 3.33. The number of carbonyl (C=O) groups is 2. The number of nitrogens with zero attached hydrogens (tertiary/aromatic N) is 3. The third-order valence-electron chi connectivity index (χ3n) is 5.82. The number of ether oxygens (including phenoxy) is 2. The number of morpholine rings is 1. The molecule has 0 spiro atoms. The first-order chi connectivity index (χ1) is 13.6. The molecule has 2 aliphatic rings. The van der Waals surface area contributed by atoms with Gasteiger partial charge in [-0.05, 0) is 24.1 Å². The molecule has 1 aromatic heterocycles. The standard InChI is InChI=1S/C21H23N3O4/c1-23-18(25)14-28-17-13-24(20(26)16-9-6-11-22-19(16)27-2)12-10-21(17,23)15-7-4-3-5-8-15/h3-9,11,17H,10,12-14H2,1-2H3/t17-,21+/m1/s1. The molecule has 2 aliphatic heterocycles. The summed E-state index contributed by atoms with van der Waals surface area (Å²) in [5.41, 5.74) is 0.880. The van der Waals surface area contributed by atoms with Gasteiger partial charge in [-0.25, -0.2) is 4.98 Å². The fraction of sp³-hybridized carbons (Fsp3) is 0.381. The van der Waals surface area contributed by atoms with Crippen LogP contribution in [-0.2, 0) is 15.1 Å². The third-order valence-corrected chi connectivity index (χ3v) is 5.82. The van der Waals surface area contributed by atoms with Gasteiger partial charge >= 0.3 is 0 Å². The number of likely N-dealkylation sites (N-methyl/N-ethyl adjacent to an activating group) is 1. The molecule has 146 valence electrons. The number of hydrogen-bond donors (Lipinski definition) is 0. The Labute approximate surface area is 163 Å². The number of benzene rings is 1. The number of fused-ring (bicyclic) bond motifs is 1. The topological polar surface area (TPSA) is 72.0 Å². The van der Waals surface area contributed by atoms with E-state index < -0.39 is 5.54 Å². The number of carbonyl (C=O) groups excluding carboxylic acids is 2. The molecule has 0 saturated carbocycles. The van der Waals surface area contributed by atoms with Crippen LogP contribution in [0, 0.1) is 0 Å². The molecule has 2 fully saturated rings. The first-order valence-corrected chi connectivity index (χ1v) is 9.30. The minimum atomic E-state index is -0.577. The average molecular weight is 381 g/mol. The lowest BCUT2D eigenvalue weighted by atomic mass is 9.76. The van der Waals surface area contributed by atoms with Gasteiger partial charge in [-0.15, -0.1) is 0 Å². The molecular weight excluding hydrogens is 358 g/mol. The summed E-state index contributed by atoms with van der Waals surface area (Å²) in [5, 5.41) is 0. The van der Waals surface area contributed by atoms with Crippen molar-refractivity contribution in [3.63, 3.8) is 0 Å². The van der Waals surface area contributed by atoms with Gasteiger partial charge in [-0.3, -0.25) is 9.59 Å². The van der Waals surface area contributed by atoms with E-state index >= 15 is 0 Å². The van der Waals surface area contributed by atoms with Crippen molar-refractivity contribution in [1.29, 1.82) is 0 Å². The molecule has 3 heterocycles. The van der Waals surface area contributed by atoms with Crippen LogP contribution >= 0.6 is 0 Å². The van der Waals surface area contributed by atoms with E-state index in [1.807, 2.05) is 37.4 Å². The molecule has 0 bridgehead atoms. The lowest BCUT2D eigenvalue weighted by Crippen LogP contribution is -2.67. The maximum Gasteiger partial charge on any atom is 0.259 e. The number of pyridine rings is 1. The molecule has 7 nitrogen and oxygen atoms in total. The van der Waals surface area contributed by atoms with Gasteiger partial charge in [0.1, 0.15) is 18.3 Å². The second kappa shape index (κ2) is 7.24. The Morgan fingerprint density at radius 3 is 2.79 bits per heavy atom. The third kappa shape index (κ3) is 2.82. The van der Waals surface area contributed by atoms with Crippen LogP contribution in [0.3, 0.4) is 0 Å². The lowest BCUT2D eigenvalue weighted by Gasteiger charge is -2.54. The molecule has 0 aliphatic carbocycles. The summed E-state index contributed by atoms with van der Waals surface area (Å²) in [5.74, 6) is 0.118. The van der Waals surface area contributed by atoms with Gasteiger partial charge in [-0.2, -0.15) is 0 Å². The number of likely N-dealkylation sites (tertiary alicyclic amines) is 1. The van der Waals surface area contributed by atoms with Gasteiger partial charge in [0, 0.05) is 26.3 Å². The van der Waals surface area contributed by atoms with Crippen molar-refractivity contribution in [3.05, 3.63) is 59.8 Å². The second-order valence-electron chi connectivity index (χ2n) is 7.10. The number of hydrogen-bond acceptors (Lipinski definition) is 5. The zero-order valence-electron chi connectivity index (χ0n) is 16.0. The van der Waals surface area contributed by atoms with Crippen molar-refractivity contribution in [2.24, 2.45) is 0 Å². The van der Waals surface area contributed by atoms with Crippen molar-refractivity contribution in [2.75, 3.05) is 33.9 Å². The van der Waals surface area contributed by atoms with Gasteiger partial charge in [0.2, 0.25) is 11.8 Å². The summed E-state index contributed by atoms with van der Waals surface area (Å²) in [4.78, 5) is 33.2. The van der Waals surface area contributed by atoms with Crippen LogP contribution in [0.15, 0.2) is 48.7 Å². The Balaban J connectivity index is 1.66. The van der Waals surface area contributed by atoms with Crippen LogP contribution in [0.5, 0.6) is 5.88 Å². The molecule has 0 radical (unpaired) electrons. The summed E-state index contributed by atoms with van der Waals surface area (Å²) in [6.07, 6.45) is 1.88. The molecule has 2 saturated heterocycles. The SMILES string of the molecule is COc1ncccc1C(=O)N1CC[C@]2(c3ccccc3)[C@@H](C1)OCC(=O)N2C. The highest BCUT2D eigenvalue weighted by Gasteiger charge is 2.53. The average Bonchev–Trinajstić information content (AvgIpc) is 2.76. The lowest BCUT2D eigenvalue weighted by molar-refractivity contribution is -0.180. The van der Waals surface area contributed by atoms with Gasteiger partial charge in [0.05, 0.1) is 12.6 Å². The Hall–Kier alpha value is -2.93. The van der Waals surface area contributed by atoms with E-state index in [1.54, 1.807) is 28.1 Å². The van der Waals surface area contributed by atoms with E-state index in [0.29, 0.717) is 31.0 Å². The molecule has 2 atom stereocenters. The van der Waals surface area contributed by atoms with E-state index in [2.05, 4.69) is 4.98 Å². The van der Waals surface area contributed by atoms with E-state index in [9.17, 15) is 9.59 Å². The Kier molecular flexibility index (Phi) is 4.77. The van der Waals surface area contributed by atoms with E-state index in [0.717, 1.165) is 5.56 Å². The van der Waals surface area contributed by atoms with Crippen molar-refractivity contribution in [3.8, 4) is 5.88 Å². The maximum absolute atomic E-state index is 13.1. The molecular formula is C21H23N3O4. The van der Waals surface area contributed by atoms with Gasteiger partial charge in [0.25, 0.3) is 5.91 Å². The molecule has 4 rings (SSSR count). The number of methoxy groups -OCH3 is 1. The Morgan fingerprint density at radius 1 is 1.25 bits per heavy atom. The number of aromatic nitrogens is 1. The zero-order chi connectivity index (χ0) is 19.7. The predicted molar refractivity (Wildman–Crippen MR) is 102 cm³/mol. The number of amides is 2. The van der Waals surface area contributed by atoms with Crippen LogP contribution in [-0.4, -0.2) is 66.6 Å². The molecule has 7 heteroatoms. The Bertz CT molecular complexity index is 888. The van der Waals surface area contributed by atoms with Crippen molar-refractivity contribution >= 4 is 11.8 Å². The van der Waals surface area contributed by atoms with Crippen LogP contribution in [0.1, 0.15) is 22.3 Å². The highest BCUT2D eigenvalue weighted by molar-refractivity contribution is 5.96. The molecule has 0 unspecified atom stereocenters. The highest BCUT2D eigenvalue weighted by Crippen LogP contribution is 2.42.